The lowest BCUT2D eigenvalue weighted by Gasteiger charge is -2.02. The number of aromatic nitrogens is 2. The van der Waals surface area contributed by atoms with E-state index in [2.05, 4.69) is 5.10 Å². The number of nitrogens with zero attached hydrogens (tertiary/aromatic N) is 2. The summed E-state index contributed by atoms with van der Waals surface area (Å²) < 4.78 is 32.1. The molecule has 100 valence electrons. The highest BCUT2D eigenvalue weighted by Gasteiger charge is 2.10. The Morgan fingerprint density at radius 1 is 1.32 bits per heavy atom. The van der Waals surface area contributed by atoms with Crippen molar-refractivity contribution in [1.82, 2.24) is 9.78 Å². The first-order valence-electron chi connectivity index (χ1n) is 5.74. The first kappa shape index (κ1) is 13.2. The monoisotopic (exact) mass is 266 g/mol. The molecule has 0 aliphatic rings. The van der Waals surface area contributed by atoms with Crippen molar-refractivity contribution in [3.63, 3.8) is 0 Å². The Hall–Kier alpha value is -2.24. The minimum Gasteiger partial charge on any atom is -0.461 e. The zero-order valence-electron chi connectivity index (χ0n) is 10.3. The summed E-state index contributed by atoms with van der Waals surface area (Å²) in [4.78, 5) is 11.4. The summed E-state index contributed by atoms with van der Waals surface area (Å²) in [7, 11) is 0. The summed E-state index contributed by atoms with van der Waals surface area (Å²) in [5.41, 5.74) is 0.738. The average molecular weight is 266 g/mol. The number of halogens is 2. The molecule has 0 saturated heterocycles. The summed E-state index contributed by atoms with van der Waals surface area (Å²) >= 11 is 0. The number of hydrogen-bond donors (Lipinski definition) is 0. The van der Waals surface area contributed by atoms with Gasteiger partial charge in [-0.2, -0.15) is 5.10 Å². The summed E-state index contributed by atoms with van der Waals surface area (Å²) in [5.74, 6) is -2.31. The third kappa shape index (κ3) is 3.15. The fraction of sp³-hybridized carbons (Fsp3) is 0.231. The van der Waals surface area contributed by atoms with E-state index in [1.165, 1.54) is 16.8 Å². The molecule has 0 bridgehead atoms. The Labute approximate surface area is 108 Å². The summed E-state index contributed by atoms with van der Waals surface area (Å²) in [5, 5.41) is 4.00. The van der Waals surface area contributed by atoms with Gasteiger partial charge in [0, 0.05) is 6.20 Å². The molecule has 0 amide bonds. The van der Waals surface area contributed by atoms with Gasteiger partial charge in [-0.3, -0.25) is 4.68 Å². The van der Waals surface area contributed by atoms with Crippen LogP contribution in [0.15, 0.2) is 30.5 Å². The third-order valence-corrected chi connectivity index (χ3v) is 2.45. The van der Waals surface area contributed by atoms with Gasteiger partial charge < -0.3 is 4.74 Å². The first-order valence-corrected chi connectivity index (χ1v) is 5.74. The normalized spacial score (nSPS) is 10.5. The van der Waals surface area contributed by atoms with E-state index < -0.39 is 17.6 Å². The van der Waals surface area contributed by atoms with Crippen LogP contribution in [0.2, 0.25) is 0 Å². The number of rotatable bonds is 4. The summed E-state index contributed by atoms with van der Waals surface area (Å²) in [6.07, 6.45) is 1.58. The molecule has 1 heterocycles. The topological polar surface area (TPSA) is 44.1 Å². The molecule has 6 heteroatoms. The van der Waals surface area contributed by atoms with Gasteiger partial charge >= 0.3 is 5.97 Å². The predicted octanol–water partition coefficient (Wildman–Crippen LogP) is 2.39. The van der Waals surface area contributed by atoms with Crippen molar-refractivity contribution >= 4 is 5.97 Å². The minimum absolute atomic E-state index is 0.185. The van der Waals surface area contributed by atoms with E-state index in [9.17, 15) is 13.6 Å². The molecule has 0 aliphatic carbocycles. The zero-order valence-corrected chi connectivity index (χ0v) is 10.3. The van der Waals surface area contributed by atoms with Crippen LogP contribution in [0.25, 0.3) is 0 Å². The number of carbonyl (C=O) groups is 1. The van der Waals surface area contributed by atoms with Crippen molar-refractivity contribution in [3.8, 4) is 0 Å². The van der Waals surface area contributed by atoms with Gasteiger partial charge in [-0.25, -0.2) is 13.6 Å². The van der Waals surface area contributed by atoms with E-state index >= 15 is 0 Å². The van der Waals surface area contributed by atoms with Crippen LogP contribution >= 0.6 is 0 Å². The van der Waals surface area contributed by atoms with Crippen LogP contribution < -0.4 is 0 Å². The molecule has 0 aliphatic heterocycles. The first-order chi connectivity index (χ1) is 9.10. The molecule has 0 N–H and O–H groups in total. The van der Waals surface area contributed by atoms with Crippen LogP contribution in [0.5, 0.6) is 0 Å². The number of hydrogen-bond acceptors (Lipinski definition) is 3. The van der Waals surface area contributed by atoms with Crippen molar-refractivity contribution in [1.29, 1.82) is 0 Å². The van der Waals surface area contributed by atoms with Crippen LogP contribution in [0, 0.1) is 11.6 Å². The molecular weight excluding hydrogens is 254 g/mol. The highest BCUT2D eigenvalue weighted by Crippen LogP contribution is 2.10. The van der Waals surface area contributed by atoms with E-state index in [1.807, 2.05) is 0 Å². The van der Waals surface area contributed by atoms with Gasteiger partial charge in [0.25, 0.3) is 0 Å². The Bertz CT molecular complexity index is 596. The molecule has 1 aromatic heterocycles. The molecule has 0 atom stereocenters. The van der Waals surface area contributed by atoms with Crippen LogP contribution in [0.3, 0.4) is 0 Å². The van der Waals surface area contributed by atoms with Gasteiger partial charge in [0.1, 0.15) is 0 Å². The number of esters is 1. The van der Waals surface area contributed by atoms with Crippen molar-refractivity contribution in [2.45, 2.75) is 13.5 Å². The van der Waals surface area contributed by atoms with E-state index in [1.54, 1.807) is 13.1 Å². The molecule has 1 aromatic carbocycles. The fourth-order valence-corrected chi connectivity index (χ4v) is 1.59. The van der Waals surface area contributed by atoms with Crippen LogP contribution in [0.4, 0.5) is 8.78 Å². The molecule has 4 nitrogen and oxygen atoms in total. The Morgan fingerprint density at radius 2 is 2.11 bits per heavy atom. The van der Waals surface area contributed by atoms with Crippen molar-refractivity contribution in [3.05, 3.63) is 53.4 Å². The van der Waals surface area contributed by atoms with Gasteiger partial charge in [0.05, 0.1) is 13.2 Å². The Morgan fingerprint density at radius 3 is 2.79 bits per heavy atom. The van der Waals surface area contributed by atoms with Crippen LogP contribution in [-0.2, 0) is 11.3 Å². The third-order valence-electron chi connectivity index (χ3n) is 2.45. The molecule has 0 radical (unpaired) electrons. The van der Waals surface area contributed by atoms with Gasteiger partial charge in [0.2, 0.25) is 0 Å². The predicted molar refractivity (Wildman–Crippen MR) is 63.6 cm³/mol. The smallest absolute Gasteiger partial charge is 0.358 e. The van der Waals surface area contributed by atoms with E-state index in [0.29, 0.717) is 5.56 Å². The number of carbonyl (C=O) groups excluding carboxylic acids is 1. The molecule has 19 heavy (non-hydrogen) atoms. The molecule has 0 saturated carbocycles. The average Bonchev–Trinajstić information content (AvgIpc) is 2.83. The molecule has 0 fully saturated rings. The highest BCUT2D eigenvalue weighted by atomic mass is 19.2. The van der Waals surface area contributed by atoms with Crippen LogP contribution in [0.1, 0.15) is 23.0 Å². The Kier molecular flexibility index (Phi) is 3.89. The Balaban J connectivity index is 2.11. The van der Waals surface area contributed by atoms with Crippen LogP contribution in [-0.4, -0.2) is 22.4 Å². The van der Waals surface area contributed by atoms with Gasteiger partial charge in [0.15, 0.2) is 17.3 Å². The maximum absolute atomic E-state index is 13.0. The van der Waals surface area contributed by atoms with E-state index in [-0.39, 0.29) is 18.8 Å². The quantitative estimate of drug-likeness (QED) is 0.798. The SMILES string of the molecule is CCOC(=O)c1ccn(Cc2ccc(F)c(F)c2)n1. The van der Waals surface area contributed by atoms with Crippen molar-refractivity contribution < 1.29 is 18.3 Å². The maximum atomic E-state index is 13.0. The molecular formula is C13H12F2N2O2. The maximum Gasteiger partial charge on any atom is 0.358 e. The second-order valence-electron chi connectivity index (χ2n) is 3.87. The lowest BCUT2D eigenvalue weighted by atomic mass is 10.2. The number of benzene rings is 1. The van der Waals surface area contributed by atoms with Gasteiger partial charge in [-0.1, -0.05) is 6.07 Å². The lowest BCUT2D eigenvalue weighted by Crippen LogP contribution is -2.08. The zero-order chi connectivity index (χ0) is 13.8. The standard InChI is InChI=1S/C13H12F2N2O2/c1-2-19-13(18)12-5-6-17(16-12)8-9-3-4-10(14)11(15)7-9/h3-7H,2,8H2,1H3. The van der Waals surface area contributed by atoms with E-state index in [4.69, 9.17) is 4.74 Å². The number of ether oxygens (including phenoxy) is 1. The molecule has 0 spiro atoms. The summed E-state index contributed by atoms with van der Waals surface area (Å²) in [6, 6.07) is 5.13. The molecule has 0 unspecified atom stereocenters. The van der Waals surface area contributed by atoms with Crippen molar-refractivity contribution in [2.75, 3.05) is 6.61 Å². The lowest BCUT2D eigenvalue weighted by molar-refractivity contribution is 0.0518. The summed E-state index contributed by atoms with van der Waals surface area (Å²) in [6.45, 7) is 2.22. The molecule has 2 rings (SSSR count). The van der Waals surface area contributed by atoms with Gasteiger partial charge in [-0.15, -0.1) is 0 Å². The van der Waals surface area contributed by atoms with Crippen molar-refractivity contribution in [2.24, 2.45) is 0 Å². The second-order valence-corrected chi connectivity index (χ2v) is 3.87. The largest absolute Gasteiger partial charge is 0.461 e. The second kappa shape index (κ2) is 5.60. The van der Waals surface area contributed by atoms with E-state index in [0.717, 1.165) is 12.1 Å². The highest BCUT2D eigenvalue weighted by molar-refractivity contribution is 5.86. The minimum atomic E-state index is -0.907. The fourth-order valence-electron chi connectivity index (χ4n) is 1.59. The molecule has 2 aromatic rings. The van der Waals surface area contributed by atoms with Gasteiger partial charge in [-0.05, 0) is 30.7 Å².